The van der Waals surface area contributed by atoms with E-state index in [1.807, 2.05) is 48.0 Å². The van der Waals surface area contributed by atoms with Crippen molar-refractivity contribution in [3.63, 3.8) is 0 Å². The van der Waals surface area contributed by atoms with E-state index in [0.29, 0.717) is 24.6 Å². The molecular formula is C22H26F3N5O. The number of benzene rings is 1. The van der Waals surface area contributed by atoms with Gasteiger partial charge >= 0.3 is 6.18 Å². The maximum Gasteiger partial charge on any atom is 0.411 e. The van der Waals surface area contributed by atoms with Gasteiger partial charge in [-0.05, 0) is 29.7 Å². The number of alkyl halides is 3. The molecule has 0 atom stereocenters. The number of imidazole rings is 1. The average Bonchev–Trinajstić information content (AvgIpc) is 3.15. The molecule has 0 aliphatic rings. The molecule has 0 saturated carbocycles. The molecule has 31 heavy (non-hydrogen) atoms. The van der Waals surface area contributed by atoms with Gasteiger partial charge in [-0.15, -0.1) is 0 Å². The molecule has 0 spiro atoms. The minimum Gasteiger partial charge on any atom is -0.367 e. The summed E-state index contributed by atoms with van der Waals surface area (Å²) in [7, 11) is 1.70. The fraction of sp³-hybridized carbons (Fsp3) is 0.364. The first-order valence-electron chi connectivity index (χ1n) is 9.94. The first-order valence-corrected chi connectivity index (χ1v) is 9.94. The third-order valence-electron chi connectivity index (χ3n) is 4.64. The van der Waals surface area contributed by atoms with E-state index in [9.17, 15) is 13.2 Å². The van der Waals surface area contributed by atoms with Gasteiger partial charge < -0.3 is 19.8 Å². The van der Waals surface area contributed by atoms with Gasteiger partial charge in [0.2, 0.25) is 0 Å². The molecular weight excluding hydrogens is 407 g/mol. The number of aromatic nitrogens is 2. The predicted molar refractivity (Wildman–Crippen MR) is 114 cm³/mol. The van der Waals surface area contributed by atoms with Crippen LogP contribution in [0.5, 0.6) is 0 Å². The molecule has 0 bridgehead atoms. The monoisotopic (exact) mass is 433 g/mol. The minimum absolute atomic E-state index is 0.0704. The van der Waals surface area contributed by atoms with Crippen LogP contribution in [-0.4, -0.2) is 41.7 Å². The number of fused-ring (bicyclic) bond motifs is 1. The summed E-state index contributed by atoms with van der Waals surface area (Å²) in [5.74, 6) is 0.664. The number of pyridine rings is 1. The second-order valence-corrected chi connectivity index (χ2v) is 7.18. The van der Waals surface area contributed by atoms with Gasteiger partial charge in [-0.1, -0.05) is 30.3 Å². The SMILES string of the molecule is CN=C(NCCc1cn2cccc(C)c2n1)NCc1ccc(COCC(F)(F)F)cc1. The Morgan fingerprint density at radius 2 is 1.87 bits per heavy atom. The molecule has 0 aliphatic carbocycles. The first kappa shape index (κ1) is 22.6. The lowest BCUT2D eigenvalue weighted by Crippen LogP contribution is -2.37. The molecule has 6 nitrogen and oxygen atoms in total. The highest BCUT2D eigenvalue weighted by atomic mass is 19.4. The van der Waals surface area contributed by atoms with Crippen molar-refractivity contribution < 1.29 is 17.9 Å². The third-order valence-corrected chi connectivity index (χ3v) is 4.64. The van der Waals surface area contributed by atoms with Crippen LogP contribution in [0.15, 0.2) is 53.8 Å². The van der Waals surface area contributed by atoms with E-state index in [1.165, 1.54) is 0 Å². The molecule has 0 unspecified atom stereocenters. The summed E-state index contributed by atoms with van der Waals surface area (Å²) < 4.78 is 43.1. The highest BCUT2D eigenvalue weighted by Gasteiger charge is 2.27. The number of halogens is 3. The summed E-state index contributed by atoms with van der Waals surface area (Å²) >= 11 is 0. The van der Waals surface area contributed by atoms with Crippen LogP contribution in [-0.2, 0) is 24.3 Å². The number of rotatable bonds is 8. The van der Waals surface area contributed by atoms with E-state index < -0.39 is 12.8 Å². The quantitative estimate of drug-likeness (QED) is 0.421. The van der Waals surface area contributed by atoms with Crippen LogP contribution in [0.4, 0.5) is 13.2 Å². The topological polar surface area (TPSA) is 63.0 Å². The van der Waals surface area contributed by atoms with E-state index in [1.54, 1.807) is 19.2 Å². The number of ether oxygens (including phenoxy) is 1. The maximum absolute atomic E-state index is 12.1. The zero-order chi connectivity index (χ0) is 22.3. The van der Waals surface area contributed by atoms with Crippen molar-refractivity contribution in [2.24, 2.45) is 4.99 Å². The van der Waals surface area contributed by atoms with E-state index in [-0.39, 0.29) is 6.61 Å². The van der Waals surface area contributed by atoms with E-state index in [2.05, 4.69) is 25.3 Å². The Hall–Kier alpha value is -3.07. The van der Waals surface area contributed by atoms with Gasteiger partial charge in [-0.3, -0.25) is 4.99 Å². The van der Waals surface area contributed by atoms with Crippen LogP contribution in [0.1, 0.15) is 22.4 Å². The summed E-state index contributed by atoms with van der Waals surface area (Å²) in [4.78, 5) is 8.88. The van der Waals surface area contributed by atoms with Crippen molar-refractivity contribution in [2.75, 3.05) is 20.2 Å². The van der Waals surface area contributed by atoms with Gasteiger partial charge in [0.25, 0.3) is 0 Å². The molecule has 2 aromatic heterocycles. The molecule has 3 aromatic rings. The van der Waals surface area contributed by atoms with E-state index in [0.717, 1.165) is 28.9 Å². The largest absolute Gasteiger partial charge is 0.411 e. The molecule has 0 saturated heterocycles. The smallest absolute Gasteiger partial charge is 0.367 e. The van der Waals surface area contributed by atoms with E-state index >= 15 is 0 Å². The number of aryl methyl sites for hydroxylation is 1. The summed E-state index contributed by atoms with van der Waals surface area (Å²) in [5, 5.41) is 6.49. The number of hydrogen-bond donors (Lipinski definition) is 2. The molecule has 166 valence electrons. The normalized spacial score (nSPS) is 12.4. The Bertz CT molecular complexity index is 1010. The van der Waals surface area contributed by atoms with Crippen LogP contribution < -0.4 is 10.6 Å². The standard InChI is InChI=1S/C22H26F3N5O/c1-16-4-3-11-30-13-19(29-20(16)30)9-10-27-21(26-2)28-12-17-5-7-18(8-6-17)14-31-15-22(23,24)25/h3-8,11,13H,9-10,12,14-15H2,1-2H3,(H2,26,27,28). The van der Waals surface area contributed by atoms with Crippen LogP contribution in [0.2, 0.25) is 0 Å². The average molecular weight is 433 g/mol. The Morgan fingerprint density at radius 3 is 2.55 bits per heavy atom. The molecule has 2 heterocycles. The van der Waals surface area contributed by atoms with Gasteiger partial charge in [0.1, 0.15) is 12.3 Å². The number of aliphatic imine (C=N–C) groups is 1. The van der Waals surface area contributed by atoms with Gasteiger partial charge in [0.15, 0.2) is 5.96 Å². The summed E-state index contributed by atoms with van der Waals surface area (Å²) in [6, 6.07) is 11.3. The van der Waals surface area contributed by atoms with Crippen molar-refractivity contribution in [1.82, 2.24) is 20.0 Å². The molecule has 0 amide bonds. The van der Waals surface area contributed by atoms with Crippen molar-refractivity contribution in [1.29, 1.82) is 0 Å². The first-order chi connectivity index (χ1) is 14.8. The Morgan fingerprint density at radius 1 is 1.13 bits per heavy atom. The number of nitrogens with one attached hydrogen (secondary N) is 2. The van der Waals surface area contributed by atoms with E-state index in [4.69, 9.17) is 0 Å². The van der Waals surface area contributed by atoms with Gasteiger partial charge in [0, 0.05) is 39.0 Å². The number of guanidine groups is 1. The van der Waals surface area contributed by atoms with Crippen LogP contribution in [0.25, 0.3) is 5.65 Å². The molecule has 0 fully saturated rings. The second-order valence-electron chi connectivity index (χ2n) is 7.18. The van der Waals surface area contributed by atoms with Crippen molar-refractivity contribution >= 4 is 11.6 Å². The molecule has 2 N–H and O–H groups in total. The van der Waals surface area contributed by atoms with Crippen molar-refractivity contribution in [3.8, 4) is 0 Å². The fourth-order valence-corrected chi connectivity index (χ4v) is 3.08. The molecule has 0 radical (unpaired) electrons. The Balaban J connectivity index is 1.42. The third kappa shape index (κ3) is 6.99. The van der Waals surface area contributed by atoms with Gasteiger partial charge in [-0.2, -0.15) is 13.2 Å². The summed E-state index contributed by atoms with van der Waals surface area (Å²) in [6.45, 7) is 1.94. The number of nitrogens with zero attached hydrogens (tertiary/aromatic N) is 3. The van der Waals surface area contributed by atoms with Crippen LogP contribution >= 0.6 is 0 Å². The minimum atomic E-state index is -4.31. The lowest BCUT2D eigenvalue weighted by Gasteiger charge is -2.12. The molecule has 1 aromatic carbocycles. The Kier molecular flexibility index (Phi) is 7.51. The highest BCUT2D eigenvalue weighted by molar-refractivity contribution is 5.79. The lowest BCUT2D eigenvalue weighted by molar-refractivity contribution is -0.176. The molecule has 0 aliphatic heterocycles. The lowest BCUT2D eigenvalue weighted by atomic mass is 10.1. The Labute approximate surface area is 179 Å². The van der Waals surface area contributed by atoms with Crippen LogP contribution in [0, 0.1) is 6.92 Å². The highest BCUT2D eigenvalue weighted by Crippen LogP contribution is 2.16. The maximum atomic E-state index is 12.1. The second kappa shape index (κ2) is 10.3. The summed E-state index contributed by atoms with van der Waals surface area (Å²) in [6.07, 6.45) is 0.464. The number of hydrogen-bond acceptors (Lipinski definition) is 3. The zero-order valence-corrected chi connectivity index (χ0v) is 17.5. The molecule has 3 rings (SSSR count). The fourth-order valence-electron chi connectivity index (χ4n) is 3.08. The van der Waals surface area contributed by atoms with Crippen molar-refractivity contribution in [3.05, 3.63) is 71.2 Å². The van der Waals surface area contributed by atoms with Crippen molar-refractivity contribution in [2.45, 2.75) is 32.7 Å². The molecule has 9 heteroatoms. The summed E-state index contributed by atoms with van der Waals surface area (Å²) in [5.41, 5.74) is 4.78. The zero-order valence-electron chi connectivity index (χ0n) is 17.5. The van der Waals surface area contributed by atoms with Gasteiger partial charge in [0.05, 0.1) is 12.3 Å². The predicted octanol–water partition coefficient (Wildman–Crippen LogP) is 3.63. The van der Waals surface area contributed by atoms with Crippen LogP contribution in [0.3, 0.4) is 0 Å². The van der Waals surface area contributed by atoms with Gasteiger partial charge in [-0.25, -0.2) is 4.98 Å².